The van der Waals surface area contributed by atoms with Gasteiger partial charge < -0.3 is 4.74 Å². The fourth-order valence-corrected chi connectivity index (χ4v) is 0.875. The molecule has 0 bridgehead atoms. The Hall–Kier alpha value is -1.67. The van der Waals surface area contributed by atoms with Crippen molar-refractivity contribution in [2.24, 2.45) is 4.99 Å². The van der Waals surface area contributed by atoms with Crippen LogP contribution in [0, 0.1) is 6.92 Å². The van der Waals surface area contributed by atoms with Gasteiger partial charge in [0.05, 0.1) is 19.0 Å². The molecule has 0 spiro atoms. The van der Waals surface area contributed by atoms with Crippen molar-refractivity contribution in [3.63, 3.8) is 0 Å². The molecule has 1 rings (SSSR count). The number of hydrogen-bond donors (Lipinski definition) is 0. The monoisotopic (exact) mass is 164 g/mol. The minimum atomic E-state index is 0.489. The average molecular weight is 164 g/mol. The van der Waals surface area contributed by atoms with Gasteiger partial charge in [0.25, 0.3) is 0 Å². The molecule has 0 aliphatic heterocycles. The van der Waals surface area contributed by atoms with Gasteiger partial charge in [0.2, 0.25) is 12.0 Å². The lowest BCUT2D eigenvalue weighted by molar-refractivity contribution is 0.394. The molecule has 0 N–H and O–H groups in total. The molecule has 62 valence electrons. The first-order valence-corrected chi connectivity index (χ1v) is 3.36. The Bertz CT molecular complexity index is 330. The van der Waals surface area contributed by atoms with Gasteiger partial charge in [-0.25, -0.2) is 9.78 Å². The van der Waals surface area contributed by atoms with E-state index in [-0.39, 0.29) is 0 Å². The standard InChI is InChI=1S/C8H8N2O2/c1-6-3-7(10-5-11)4-9-8(6)12-2/h3-4H,1-2H3. The Balaban J connectivity index is 3.09. The predicted octanol–water partition coefficient (Wildman–Crippen LogP) is 1.37. The number of nitrogens with zero attached hydrogens (tertiary/aromatic N) is 2. The van der Waals surface area contributed by atoms with Gasteiger partial charge in [-0.15, -0.1) is 0 Å². The number of hydrogen-bond acceptors (Lipinski definition) is 4. The Morgan fingerprint density at radius 1 is 1.67 bits per heavy atom. The second kappa shape index (κ2) is 3.64. The van der Waals surface area contributed by atoms with E-state index in [1.54, 1.807) is 6.07 Å². The van der Waals surface area contributed by atoms with E-state index in [0.29, 0.717) is 11.6 Å². The molecule has 0 aromatic carbocycles. The van der Waals surface area contributed by atoms with Crippen molar-refractivity contribution in [2.45, 2.75) is 6.92 Å². The SMILES string of the molecule is COc1ncc(N=C=O)cc1C. The maximum atomic E-state index is 9.89. The van der Waals surface area contributed by atoms with Gasteiger partial charge in [0.15, 0.2) is 0 Å². The quantitative estimate of drug-likeness (QED) is 0.490. The number of aryl methyl sites for hydroxylation is 1. The van der Waals surface area contributed by atoms with Crippen LogP contribution in [-0.2, 0) is 4.79 Å². The van der Waals surface area contributed by atoms with Gasteiger partial charge in [-0.2, -0.15) is 4.99 Å². The maximum absolute atomic E-state index is 9.89. The zero-order valence-electron chi connectivity index (χ0n) is 6.87. The van der Waals surface area contributed by atoms with Gasteiger partial charge in [-0.3, -0.25) is 0 Å². The summed E-state index contributed by atoms with van der Waals surface area (Å²) in [5, 5.41) is 0. The first kappa shape index (κ1) is 8.43. The highest BCUT2D eigenvalue weighted by Gasteiger charge is 1.99. The molecule has 4 nitrogen and oxygen atoms in total. The molecule has 0 unspecified atom stereocenters. The van der Waals surface area contributed by atoms with Crippen LogP contribution in [0.3, 0.4) is 0 Å². The molecule has 0 fully saturated rings. The molecule has 0 atom stereocenters. The minimum Gasteiger partial charge on any atom is -0.481 e. The minimum absolute atomic E-state index is 0.489. The summed E-state index contributed by atoms with van der Waals surface area (Å²) < 4.78 is 4.93. The van der Waals surface area contributed by atoms with Crippen molar-refractivity contribution in [1.29, 1.82) is 0 Å². The average Bonchev–Trinajstić information content (AvgIpc) is 2.05. The second-order valence-corrected chi connectivity index (χ2v) is 2.22. The fourth-order valence-electron chi connectivity index (χ4n) is 0.875. The number of aromatic nitrogens is 1. The molecule has 4 heteroatoms. The summed E-state index contributed by atoms with van der Waals surface area (Å²) >= 11 is 0. The molecule has 0 radical (unpaired) electrons. The molecule has 1 heterocycles. The number of isocyanates is 1. The van der Waals surface area contributed by atoms with Crippen molar-refractivity contribution in [1.82, 2.24) is 4.98 Å². The zero-order chi connectivity index (χ0) is 8.97. The summed E-state index contributed by atoms with van der Waals surface area (Å²) in [5.41, 5.74) is 1.33. The highest BCUT2D eigenvalue weighted by molar-refractivity contribution is 5.49. The summed E-state index contributed by atoms with van der Waals surface area (Å²) in [5.74, 6) is 0.542. The second-order valence-electron chi connectivity index (χ2n) is 2.22. The fraction of sp³-hybridized carbons (Fsp3) is 0.250. The normalized spacial score (nSPS) is 8.83. The molecule has 0 saturated carbocycles. The van der Waals surface area contributed by atoms with Crippen LogP contribution in [0.25, 0.3) is 0 Å². The van der Waals surface area contributed by atoms with E-state index in [9.17, 15) is 4.79 Å². The lowest BCUT2D eigenvalue weighted by Gasteiger charge is -2.01. The predicted molar refractivity (Wildman–Crippen MR) is 43.3 cm³/mol. The van der Waals surface area contributed by atoms with Crippen LogP contribution in [0.4, 0.5) is 5.69 Å². The molecule has 0 aliphatic rings. The van der Waals surface area contributed by atoms with Crippen molar-refractivity contribution >= 4 is 11.8 Å². The number of rotatable bonds is 2. The van der Waals surface area contributed by atoms with E-state index >= 15 is 0 Å². The Morgan fingerprint density at radius 3 is 2.92 bits per heavy atom. The van der Waals surface area contributed by atoms with E-state index in [4.69, 9.17) is 4.74 Å². The zero-order valence-corrected chi connectivity index (χ0v) is 6.87. The highest BCUT2D eigenvalue weighted by atomic mass is 16.5. The number of methoxy groups -OCH3 is 1. The van der Waals surface area contributed by atoms with Crippen molar-refractivity contribution in [2.75, 3.05) is 7.11 Å². The smallest absolute Gasteiger partial charge is 0.240 e. The van der Waals surface area contributed by atoms with Crippen molar-refractivity contribution < 1.29 is 9.53 Å². The molecule has 0 aliphatic carbocycles. The molecular weight excluding hydrogens is 156 g/mol. The van der Waals surface area contributed by atoms with E-state index in [0.717, 1.165) is 5.56 Å². The highest BCUT2D eigenvalue weighted by Crippen LogP contribution is 2.18. The Labute approximate surface area is 69.9 Å². The van der Waals surface area contributed by atoms with E-state index in [1.807, 2.05) is 6.92 Å². The van der Waals surface area contributed by atoms with Gasteiger partial charge in [-0.05, 0) is 13.0 Å². The number of aliphatic imine (C=N–C) groups is 1. The van der Waals surface area contributed by atoms with Crippen LogP contribution in [0.15, 0.2) is 17.3 Å². The Morgan fingerprint density at radius 2 is 2.42 bits per heavy atom. The molecule has 0 amide bonds. The first-order valence-electron chi connectivity index (χ1n) is 3.36. The van der Waals surface area contributed by atoms with Crippen LogP contribution in [-0.4, -0.2) is 18.2 Å². The van der Waals surface area contributed by atoms with Crippen molar-refractivity contribution in [3.05, 3.63) is 17.8 Å². The van der Waals surface area contributed by atoms with Crippen LogP contribution in [0.1, 0.15) is 5.56 Å². The van der Waals surface area contributed by atoms with E-state index in [2.05, 4.69) is 9.98 Å². The maximum Gasteiger partial charge on any atom is 0.240 e. The summed E-state index contributed by atoms with van der Waals surface area (Å²) in [7, 11) is 1.54. The largest absolute Gasteiger partial charge is 0.481 e. The lowest BCUT2D eigenvalue weighted by atomic mass is 10.3. The van der Waals surface area contributed by atoms with Crippen LogP contribution >= 0.6 is 0 Å². The summed E-state index contributed by atoms with van der Waals surface area (Å²) in [6.45, 7) is 1.83. The molecular formula is C8H8N2O2. The summed E-state index contributed by atoms with van der Waals surface area (Å²) in [4.78, 5) is 17.2. The summed E-state index contributed by atoms with van der Waals surface area (Å²) in [6, 6.07) is 1.71. The Kier molecular flexibility index (Phi) is 2.56. The van der Waals surface area contributed by atoms with E-state index in [1.165, 1.54) is 19.4 Å². The molecule has 1 aromatic heterocycles. The van der Waals surface area contributed by atoms with Gasteiger partial charge >= 0.3 is 0 Å². The molecule has 0 saturated heterocycles. The first-order chi connectivity index (χ1) is 5.77. The van der Waals surface area contributed by atoms with E-state index < -0.39 is 0 Å². The number of ether oxygens (including phenoxy) is 1. The van der Waals surface area contributed by atoms with Gasteiger partial charge in [-0.1, -0.05) is 0 Å². The number of carbonyl (C=O) groups excluding carboxylic acids is 1. The van der Waals surface area contributed by atoms with Crippen LogP contribution in [0.2, 0.25) is 0 Å². The van der Waals surface area contributed by atoms with Gasteiger partial charge in [0.1, 0.15) is 0 Å². The molecule has 1 aromatic rings. The van der Waals surface area contributed by atoms with Crippen molar-refractivity contribution in [3.8, 4) is 5.88 Å². The van der Waals surface area contributed by atoms with Crippen LogP contribution < -0.4 is 4.74 Å². The lowest BCUT2D eigenvalue weighted by Crippen LogP contribution is -1.89. The third-order valence-electron chi connectivity index (χ3n) is 1.38. The number of pyridine rings is 1. The third kappa shape index (κ3) is 1.68. The third-order valence-corrected chi connectivity index (χ3v) is 1.38. The summed E-state index contributed by atoms with van der Waals surface area (Å²) in [6.07, 6.45) is 2.90. The van der Waals surface area contributed by atoms with Gasteiger partial charge in [0, 0.05) is 5.56 Å². The van der Waals surface area contributed by atoms with Crippen LogP contribution in [0.5, 0.6) is 5.88 Å². The molecule has 12 heavy (non-hydrogen) atoms. The topological polar surface area (TPSA) is 51.6 Å².